The van der Waals surface area contributed by atoms with E-state index in [-0.39, 0.29) is 11.7 Å². The first-order chi connectivity index (χ1) is 4.22. The summed E-state index contributed by atoms with van der Waals surface area (Å²) in [5.41, 5.74) is 0. The average molecular weight is 126 g/mol. The van der Waals surface area contributed by atoms with Crippen LogP contribution in [0.5, 0.6) is 5.75 Å². The molecule has 1 rings (SSSR count). The maximum absolute atomic E-state index is 9.03. The van der Waals surface area contributed by atoms with Crippen LogP contribution in [0.25, 0.3) is 0 Å². The SMILES string of the molecule is CC(C)c1occc1O. The van der Waals surface area contributed by atoms with Crippen LogP contribution in [-0.2, 0) is 0 Å². The van der Waals surface area contributed by atoms with Gasteiger partial charge in [-0.3, -0.25) is 0 Å². The van der Waals surface area contributed by atoms with E-state index in [2.05, 4.69) is 0 Å². The smallest absolute Gasteiger partial charge is 0.157 e. The molecule has 0 aliphatic heterocycles. The maximum atomic E-state index is 9.03. The highest BCUT2D eigenvalue weighted by Gasteiger charge is 2.07. The average Bonchev–Trinajstić information content (AvgIpc) is 2.13. The summed E-state index contributed by atoms with van der Waals surface area (Å²) in [5.74, 6) is 1.18. The molecule has 0 aliphatic carbocycles. The third-order valence-corrected chi connectivity index (χ3v) is 1.20. The Hall–Kier alpha value is -0.920. The van der Waals surface area contributed by atoms with Gasteiger partial charge in [0.1, 0.15) is 5.76 Å². The molecule has 0 radical (unpaired) electrons. The van der Waals surface area contributed by atoms with Crippen LogP contribution in [0.2, 0.25) is 0 Å². The lowest BCUT2D eigenvalue weighted by Gasteiger charge is -1.97. The topological polar surface area (TPSA) is 33.4 Å². The van der Waals surface area contributed by atoms with Crippen LogP contribution in [0.15, 0.2) is 16.7 Å². The largest absolute Gasteiger partial charge is 0.504 e. The Balaban J connectivity index is 2.94. The minimum Gasteiger partial charge on any atom is -0.504 e. The van der Waals surface area contributed by atoms with Crippen molar-refractivity contribution in [2.45, 2.75) is 19.8 Å². The molecule has 1 heterocycles. The van der Waals surface area contributed by atoms with Gasteiger partial charge < -0.3 is 9.52 Å². The van der Waals surface area contributed by atoms with Gasteiger partial charge in [0.2, 0.25) is 0 Å². The van der Waals surface area contributed by atoms with E-state index in [9.17, 15) is 0 Å². The third kappa shape index (κ3) is 1.07. The van der Waals surface area contributed by atoms with E-state index >= 15 is 0 Å². The fourth-order valence-corrected chi connectivity index (χ4v) is 0.746. The van der Waals surface area contributed by atoms with Crippen molar-refractivity contribution in [3.05, 3.63) is 18.1 Å². The number of hydrogen-bond acceptors (Lipinski definition) is 2. The van der Waals surface area contributed by atoms with E-state index in [1.165, 1.54) is 6.26 Å². The summed E-state index contributed by atoms with van der Waals surface area (Å²) >= 11 is 0. The molecule has 0 spiro atoms. The van der Waals surface area contributed by atoms with Crippen LogP contribution in [-0.4, -0.2) is 5.11 Å². The second-order valence-electron chi connectivity index (χ2n) is 2.32. The summed E-state index contributed by atoms with van der Waals surface area (Å²) in [6.45, 7) is 3.94. The van der Waals surface area contributed by atoms with E-state index in [1.54, 1.807) is 6.07 Å². The molecule has 0 atom stereocenters. The molecule has 1 N–H and O–H groups in total. The Morgan fingerprint density at radius 2 is 2.22 bits per heavy atom. The summed E-state index contributed by atoms with van der Waals surface area (Å²) in [4.78, 5) is 0. The Morgan fingerprint density at radius 3 is 2.44 bits per heavy atom. The second kappa shape index (κ2) is 2.13. The van der Waals surface area contributed by atoms with Gasteiger partial charge in [-0.15, -0.1) is 0 Å². The molecule has 9 heavy (non-hydrogen) atoms. The first kappa shape index (κ1) is 6.20. The minimum atomic E-state index is 0.255. The molecule has 0 aromatic carbocycles. The van der Waals surface area contributed by atoms with Gasteiger partial charge in [0.15, 0.2) is 5.75 Å². The van der Waals surface area contributed by atoms with Crippen molar-refractivity contribution in [2.24, 2.45) is 0 Å². The Morgan fingerprint density at radius 1 is 1.56 bits per heavy atom. The van der Waals surface area contributed by atoms with Gasteiger partial charge in [-0.25, -0.2) is 0 Å². The van der Waals surface area contributed by atoms with Crippen molar-refractivity contribution in [1.29, 1.82) is 0 Å². The van der Waals surface area contributed by atoms with E-state index in [0.29, 0.717) is 5.76 Å². The number of furan rings is 1. The molecule has 1 aromatic heterocycles. The van der Waals surface area contributed by atoms with Crippen LogP contribution in [0.1, 0.15) is 25.5 Å². The molecule has 2 nitrogen and oxygen atoms in total. The van der Waals surface area contributed by atoms with Crippen LogP contribution < -0.4 is 0 Å². The summed E-state index contributed by atoms with van der Waals surface area (Å²) in [6.07, 6.45) is 1.49. The fourth-order valence-electron chi connectivity index (χ4n) is 0.746. The molecule has 0 aliphatic rings. The molecule has 2 heteroatoms. The zero-order valence-corrected chi connectivity index (χ0v) is 5.59. The summed E-state index contributed by atoms with van der Waals surface area (Å²) in [7, 11) is 0. The Labute approximate surface area is 54.1 Å². The minimum absolute atomic E-state index is 0.255. The van der Waals surface area contributed by atoms with Gasteiger partial charge in [-0.05, 0) is 0 Å². The maximum Gasteiger partial charge on any atom is 0.157 e. The highest BCUT2D eigenvalue weighted by atomic mass is 16.4. The van der Waals surface area contributed by atoms with Crippen LogP contribution in [0, 0.1) is 0 Å². The summed E-state index contributed by atoms with van der Waals surface area (Å²) in [6, 6.07) is 1.55. The zero-order valence-electron chi connectivity index (χ0n) is 5.59. The predicted octanol–water partition coefficient (Wildman–Crippen LogP) is 2.11. The van der Waals surface area contributed by atoms with Crippen LogP contribution >= 0.6 is 0 Å². The molecule has 1 aromatic rings. The van der Waals surface area contributed by atoms with Gasteiger partial charge in [0.25, 0.3) is 0 Å². The van der Waals surface area contributed by atoms with E-state index < -0.39 is 0 Å². The lowest BCUT2D eigenvalue weighted by molar-refractivity contribution is 0.419. The highest BCUT2D eigenvalue weighted by molar-refractivity contribution is 5.24. The first-order valence-electron chi connectivity index (χ1n) is 2.98. The molecular weight excluding hydrogens is 116 g/mol. The molecule has 0 saturated carbocycles. The lowest BCUT2D eigenvalue weighted by atomic mass is 10.1. The number of hydrogen-bond donors (Lipinski definition) is 1. The van der Waals surface area contributed by atoms with Crippen molar-refractivity contribution < 1.29 is 9.52 Å². The van der Waals surface area contributed by atoms with Gasteiger partial charge in [-0.1, -0.05) is 13.8 Å². The summed E-state index contributed by atoms with van der Waals surface area (Å²) in [5, 5.41) is 9.03. The molecule has 50 valence electrons. The monoisotopic (exact) mass is 126 g/mol. The molecule has 0 bridgehead atoms. The van der Waals surface area contributed by atoms with E-state index in [4.69, 9.17) is 9.52 Å². The quantitative estimate of drug-likeness (QED) is 0.625. The van der Waals surface area contributed by atoms with Gasteiger partial charge in [0, 0.05) is 12.0 Å². The number of rotatable bonds is 1. The standard InChI is InChI=1S/C7H10O2/c1-5(2)7-6(8)3-4-9-7/h3-5,8H,1-2H3. The highest BCUT2D eigenvalue weighted by Crippen LogP contribution is 2.25. The molecule has 0 fully saturated rings. The van der Waals surface area contributed by atoms with Crippen LogP contribution in [0.3, 0.4) is 0 Å². The number of aromatic hydroxyl groups is 1. The second-order valence-corrected chi connectivity index (χ2v) is 2.32. The molecule has 0 saturated heterocycles. The van der Waals surface area contributed by atoms with Crippen molar-refractivity contribution in [3.8, 4) is 5.75 Å². The molecular formula is C7H10O2. The van der Waals surface area contributed by atoms with Crippen molar-refractivity contribution in [1.82, 2.24) is 0 Å². The first-order valence-corrected chi connectivity index (χ1v) is 2.98. The predicted molar refractivity (Wildman–Crippen MR) is 34.5 cm³/mol. The van der Waals surface area contributed by atoms with Gasteiger partial charge in [-0.2, -0.15) is 0 Å². The van der Waals surface area contributed by atoms with Gasteiger partial charge >= 0.3 is 0 Å². The zero-order chi connectivity index (χ0) is 6.85. The normalized spacial score (nSPS) is 10.6. The van der Waals surface area contributed by atoms with E-state index in [0.717, 1.165) is 0 Å². The Kier molecular flexibility index (Phi) is 1.47. The Bertz CT molecular complexity index is 189. The van der Waals surface area contributed by atoms with Crippen molar-refractivity contribution in [2.75, 3.05) is 0 Å². The lowest BCUT2D eigenvalue weighted by Crippen LogP contribution is -1.81. The van der Waals surface area contributed by atoms with Crippen molar-refractivity contribution >= 4 is 0 Å². The van der Waals surface area contributed by atoms with Crippen molar-refractivity contribution in [3.63, 3.8) is 0 Å². The van der Waals surface area contributed by atoms with Gasteiger partial charge in [0.05, 0.1) is 6.26 Å². The van der Waals surface area contributed by atoms with Crippen LogP contribution in [0.4, 0.5) is 0 Å². The summed E-state index contributed by atoms with van der Waals surface area (Å²) < 4.78 is 4.98. The molecule has 0 unspecified atom stereocenters. The fraction of sp³-hybridized carbons (Fsp3) is 0.429. The van der Waals surface area contributed by atoms with E-state index in [1.807, 2.05) is 13.8 Å². The third-order valence-electron chi connectivity index (χ3n) is 1.20. The molecule has 0 amide bonds.